The van der Waals surface area contributed by atoms with Crippen LogP contribution < -0.4 is 5.73 Å². The Kier molecular flexibility index (Phi) is 2.54. The minimum Gasteiger partial charge on any atom is -0.327 e. The van der Waals surface area contributed by atoms with Crippen LogP contribution in [0.1, 0.15) is 29.8 Å². The minimum absolute atomic E-state index is 0.727. The lowest BCUT2D eigenvalue weighted by Crippen LogP contribution is -2.12. The molecule has 1 aromatic heterocycles. The SMILES string of the molecule is Cc1nc2cc(C3=C(CN)C4CCC3C4)ccc2s1. The summed E-state index contributed by atoms with van der Waals surface area (Å²) in [5.41, 5.74) is 11.6. The van der Waals surface area contributed by atoms with Crippen LogP contribution in [0.5, 0.6) is 0 Å². The van der Waals surface area contributed by atoms with Gasteiger partial charge in [-0.2, -0.15) is 0 Å². The number of hydrogen-bond acceptors (Lipinski definition) is 3. The maximum atomic E-state index is 5.99. The molecule has 2 N–H and O–H groups in total. The van der Waals surface area contributed by atoms with Gasteiger partial charge in [-0.1, -0.05) is 6.07 Å². The fourth-order valence-electron chi connectivity index (χ4n) is 3.95. The predicted octanol–water partition coefficient (Wildman–Crippen LogP) is 3.75. The minimum atomic E-state index is 0.727. The van der Waals surface area contributed by atoms with Gasteiger partial charge in [0.2, 0.25) is 0 Å². The van der Waals surface area contributed by atoms with E-state index < -0.39 is 0 Å². The Morgan fingerprint density at radius 2 is 2.16 bits per heavy atom. The molecule has 2 unspecified atom stereocenters. The summed E-state index contributed by atoms with van der Waals surface area (Å²) < 4.78 is 1.29. The summed E-state index contributed by atoms with van der Waals surface area (Å²) >= 11 is 1.77. The molecule has 0 aliphatic heterocycles. The van der Waals surface area contributed by atoms with Gasteiger partial charge in [0, 0.05) is 6.54 Å². The highest BCUT2D eigenvalue weighted by molar-refractivity contribution is 7.18. The summed E-state index contributed by atoms with van der Waals surface area (Å²) in [6.07, 6.45) is 4.02. The van der Waals surface area contributed by atoms with Gasteiger partial charge in [0.05, 0.1) is 15.2 Å². The van der Waals surface area contributed by atoms with Crippen LogP contribution in [-0.2, 0) is 0 Å². The number of rotatable bonds is 2. The van der Waals surface area contributed by atoms with E-state index in [2.05, 4.69) is 30.1 Å². The molecule has 0 saturated heterocycles. The lowest BCUT2D eigenvalue weighted by Gasteiger charge is -2.19. The Morgan fingerprint density at radius 3 is 3.00 bits per heavy atom. The number of aryl methyl sites for hydroxylation is 1. The third-order valence-corrected chi connectivity index (χ3v) is 5.66. The summed E-state index contributed by atoms with van der Waals surface area (Å²) in [5, 5.41) is 1.15. The molecule has 1 fully saturated rings. The first-order chi connectivity index (χ1) is 9.26. The fourth-order valence-corrected chi connectivity index (χ4v) is 4.76. The molecule has 0 spiro atoms. The van der Waals surface area contributed by atoms with Gasteiger partial charge in [-0.25, -0.2) is 4.98 Å². The zero-order chi connectivity index (χ0) is 13.0. The topological polar surface area (TPSA) is 38.9 Å². The van der Waals surface area contributed by atoms with Crippen molar-refractivity contribution in [2.45, 2.75) is 26.2 Å². The van der Waals surface area contributed by atoms with Crippen molar-refractivity contribution in [3.8, 4) is 0 Å². The van der Waals surface area contributed by atoms with Gasteiger partial charge < -0.3 is 5.73 Å². The van der Waals surface area contributed by atoms with Crippen LogP contribution in [0.3, 0.4) is 0 Å². The van der Waals surface area contributed by atoms with Gasteiger partial charge in [-0.15, -0.1) is 11.3 Å². The Balaban J connectivity index is 1.87. The summed E-state index contributed by atoms with van der Waals surface area (Å²) in [5.74, 6) is 1.51. The van der Waals surface area contributed by atoms with E-state index in [1.165, 1.54) is 35.1 Å². The summed E-state index contributed by atoms with van der Waals surface area (Å²) in [7, 11) is 0. The molecule has 2 aliphatic rings. The van der Waals surface area contributed by atoms with E-state index in [1.807, 2.05) is 0 Å². The van der Waals surface area contributed by atoms with Gasteiger partial charge in [-0.3, -0.25) is 0 Å². The third kappa shape index (κ3) is 1.68. The molecule has 4 rings (SSSR count). The number of benzene rings is 1. The van der Waals surface area contributed by atoms with Crippen LogP contribution in [0.4, 0.5) is 0 Å². The largest absolute Gasteiger partial charge is 0.327 e. The van der Waals surface area contributed by atoms with Gasteiger partial charge in [0.1, 0.15) is 0 Å². The van der Waals surface area contributed by atoms with Crippen LogP contribution in [0, 0.1) is 18.8 Å². The molecule has 19 heavy (non-hydrogen) atoms. The van der Waals surface area contributed by atoms with Gasteiger partial charge >= 0.3 is 0 Å². The molecule has 1 heterocycles. The maximum absolute atomic E-state index is 5.99. The quantitative estimate of drug-likeness (QED) is 0.902. The predicted molar refractivity (Wildman–Crippen MR) is 81.2 cm³/mol. The zero-order valence-electron chi connectivity index (χ0n) is 11.1. The normalized spacial score (nSPS) is 25.8. The average molecular weight is 270 g/mol. The van der Waals surface area contributed by atoms with Crippen LogP contribution in [0.2, 0.25) is 0 Å². The van der Waals surface area contributed by atoms with E-state index in [-0.39, 0.29) is 0 Å². The Labute approximate surface area is 117 Å². The van der Waals surface area contributed by atoms with Gasteiger partial charge in [-0.05, 0) is 66.9 Å². The maximum Gasteiger partial charge on any atom is 0.0907 e. The Morgan fingerprint density at radius 1 is 1.32 bits per heavy atom. The van der Waals surface area contributed by atoms with E-state index in [9.17, 15) is 0 Å². The van der Waals surface area contributed by atoms with Crippen molar-refractivity contribution >= 4 is 27.1 Å². The third-order valence-electron chi connectivity index (χ3n) is 4.71. The molecule has 1 aromatic carbocycles. The molecule has 2 atom stereocenters. The van der Waals surface area contributed by atoms with Crippen molar-refractivity contribution in [2.24, 2.45) is 17.6 Å². The van der Waals surface area contributed by atoms with Crippen molar-refractivity contribution in [1.29, 1.82) is 0 Å². The molecule has 2 aliphatic carbocycles. The molecule has 1 saturated carbocycles. The lowest BCUT2D eigenvalue weighted by atomic mass is 9.87. The van der Waals surface area contributed by atoms with Crippen LogP contribution in [-0.4, -0.2) is 11.5 Å². The molecule has 2 aromatic rings. The van der Waals surface area contributed by atoms with Crippen LogP contribution in [0.25, 0.3) is 15.8 Å². The van der Waals surface area contributed by atoms with E-state index >= 15 is 0 Å². The van der Waals surface area contributed by atoms with E-state index in [0.717, 1.165) is 28.9 Å². The van der Waals surface area contributed by atoms with E-state index in [4.69, 9.17) is 5.73 Å². The van der Waals surface area contributed by atoms with Gasteiger partial charge in [0.25, 0.3) is 0 Å². The second-order valence-corrected chi connectivity index (χ2v) is 7.00. The first kappa shape index (κ1) is 11.6. The summed E-state index contributed by atoms with van der Waals surface area (Å²) in [4.78, 5) is 4.62. The Bertz CT molecular complexity index is 683. The standard InChI is InChI=1S/C16H18N2S/c1-9-18-14-7-12(4-5-15(14)19-9)16-11-3-2-10(6-11)13(16)8-17/h4-5,7,10-11H,2-3,6,8,17H2,1H3. The number of fused-ring (bicyclic) bond motifs is 3. The number of nitrogens with zero attached hydrogens (tertiary/aromatic N) is 1. The monoisotopic (exact) mass is 270 g/mol. The van der Waals surface area contributed by atoms with Crippen molar-refractivity contribution in [2.75, 3.05) is 6.54 Å². The molecule has 98 valence electrons. The fraction of sp³-hybridized carbons (Fsp3) is 0.438. The summed E-state index contributed by atoms with van der Waals surface area (Å²) in [6, 6.07) is 6.76. The van der Waals surface area contributed by atoms with Crippen molar-refractivity contribution in [3.63, 3.8) is 0 Å². The average Bonchev–Trinajstić information content (AvgIpc) is 3.08. The molecule has 2 bridgehead atoms. The Hall–Kier alpha value is -1.19. The first-order valence-corrected chi connectivity index (χ1v) is 7.88. The van der Waals surface area contributed by atoms with Crippen molar-refractivity contribution in [3.05, 3.63) is 34.3 Å². The van der Waals surface area contributed by atoms with Crippen molar-refractivity contribution in [1.82, 2.24) is 4.98 Å². The van der Waals surface area contributed by atoms with Crippen LogP contribution in [0.15, 0.2) is 23.8 Å². The molecule has 3 heteroatoms. The second-order valence-electron chi connectivity index (χ2n) is 5.77. The highest BCUT2D eigenvalue weighted by Gasteiger charge is 2.38. The highest BCUT2D eigenvalue weighted by atomic mass is 32.1. The highest BCUT2D eigenvalue weighted by Crippen LogP contribution is 2.52. The number of hydrogen-bond donors (Lipinski definition) is 1. The molecule has 0 amide bonds. The van der Waals surface area contributed by atoms with Gasteiger partial charge in [0.15, 0.2) is 0 Å². The molecule has 0 radical (unpaired) electrons. The zero-order valence-corrected chi connectivity index (χ0v) is 12.0. The van der Waals surface area contributed by atoms with E-state index in [1.54, 1.807) is 16.9 Å². The number of allylic oxidation sites excluding steroid dienone is 1. The lowest BCUT2D eigenvalue weighted by molar-refractivity contribution is 0.646. The smallest absolute Gasteiger partial charge is 0.0907 e. The molecular formula is C16H18N2S. The number of nitrogens with two attached hydrogens (primary N) is 1. The molecule has 2 nitrogen and oxygen atoms in total. The van der Waals surface area contributed by atoms with Crippen molar-refractivity contribution < 1.29 is 0 Å². The molecular weight excluding hydrogens is 252 g/mol. The second kappa shape index (κ2) is 4.15. The van der Waals surface area contributed by atoms with Crippen LogP contribution >= 0.6 is 11.3 Å². The summed E-state index contributed by atoms with van der Waals surface area (Å²) in [6.45, 7) is 2.80. The number of aromatic nitrogens is 1. The number of thiazole rings is 1. The van der Waals surface area contributed by atoms with E-state index in [0.29, 0.717) is 0 Å². The first-order valence-electron chi connectivity index (χ1n) is 7.07.